The maximum atomic E-state index is 11.8. The van der Waals surface area contributed by atoms with Crippen molar-refractivity contribution in [3.05, 3.63) is 0 Å². The van der Waals surface area contributed by atoms with Crippen LogP contribution in [0.5, 0.6) is 0 Å². The molecule has 0 unspecified atom stereocenters. The molecule has 0 aromatic carbocycles. The summed E-state index contributed by atoms with van der Waals surface area (Å²) in [6, 6.07) is -0.355. The molecule has 2 aliphatic rings. The zero-order valence-corrected chi connectivity index (χ0v) is 10.8. The molecule has 0 N–H and O–H groups in total. The molecule has 0 aliphatic carbocycles. The van der Waals surface area contributed by atoms with E-state index in [4.69, 9.17) is 0 Å². The third-order valence-electron chi connectivity index (χ3n) is 3.22. The minimum atomic E-state index is -0.355. The van der Waals surface area contributed by atoms with Gasteiger partial charge in [0.1, 0.15) is 6.04 Å². The number of hydrogen-bond acceptors (Lipinski definition) is 3. The van der Waals surface area contributed by atoms with Crippen LogP contribution in [0.15, 0.2) is 0 Å². The maximum absolute atomic E-state index is 11.8. The van der Waals surface area contributed by atoms with Crippen molar-refractivity contribution in [3.8, 4) is 0 Å². The van der Waals surface area contributed by atoms with Crippen LogP contribution in [0.2, 0.25) is 0 Å². The average Bonchev–Trinajstić information content (AvgIpc) is 2.35. The van der Waals surface area contributed by atoms with E-state index in [0.29, 0.717) is 0 Å². The third kappa shape index (κ3) is 1.43. The Bertz CT molecular complexity index is 329. The largest absolute Gasteiger partial charge is 0.317 e. The van der Waals surface area contributed by atoms with Crippen molar-refractivity contribution in [1.29, 1.82) is 0 Å². The molecule has 2 saturated heterocycles. The van der Waals surface area contributed by atoms with Crippen molar-refractivity contribution in [1.82, 2.24) is 4.90 Å². The van der Waals surface area contributed by atoms with Crippen LogP contribution < -0.4 is 0 Å². The molecule has 0 bridgehead atoms. The summed E-state index contributed by atoms with van der Waals surface area (Å²) in [4.78, 5) is 25.0. The highest BCUT2D eigenvalue weighted by Crippen LogP contribution is 2.54. The van der Waals surface area contributed by atoms with Gasteiger partial charge in [-0.25, -0.2) is 0 Å². The van der Waals surface area contributed by atoms with E-state index in [9.17, 15) is 9.59 Å². The summed E-state index contributed by atoms with van der Waals surface area (Å²) >= 11 is 5.62. The summed E-state index contributed by atoms with van der Waals surface area (Å²) in [5.41, 5.74) is 0. The quantitative estimate of drug-likeness (QED) is 0.592. The van der Waals surface area contributed by atoms with E-state index in [1.807, 2.05) is 20.8 Å². The van der Waals surface area contributed by atoms with Gasteiger partial charge in [-0.05, 0) is 20.3 Å². The van der Waals surface area contributed by atoms with Gasteiger partial charge in [0.25, 0.3) is 0 Å². The van der Waals surface area contributed by atoms with Crippen LogP contribution in [0.1, 0.15) is 27.2 Å². The highest BCUT2D eigenvalue weighted by molar-refractivity contribution is 8.02. The van der Waals surface area contributed by atoms with E-state index in [-0.39, 0.29) is 33.1 Å². The Kier molecular flexibility index (Phi) is 2.58. The number of thioether (sulfide) groups is 1. The molecule has 0 spiro atoms. The van der Waals surface area contributed by atoms with Gasteiger partial charge in [-0.1, -0.05) is 6.92 Å². The van der Waals surface area contributed by atoms with Crippen LogP contribution in [0.3, 0.4) is 0 Å². The molecule has 3 nitrogen and oxygen atoms in total. The summed E-state index contributed by atoms with van der Waals surface area (Å²) in [7, 11) is 0. The van der Waals surface area contributed by atoms with Crippen LogP contribution >= 0.6 is 24.4 Å². The first-order chi connectivity index (χ1) is 6.90. The first-order valence-corrected chi connectivity index (χ1v) is 6.45. The van der Waals surface area contributed by atoms with Crippen molar-refractivity contribution in [2.75, 3.05) is 0 Å². The number of thiol groups is 1. The molecule has 0 saturated carbocycles. The standard InChI is InChI=1S/C10H15NO2S2/c1-4-5-7(12)11-6(9(13)14)10(2,3)15-8(5)11/h5-6,8H,4H2,1-3H3,(H,13,14)/t5-,6+,8-/m1/s1. The number of β-lactam (4-membered cyclic amide) rings is 1. The van der Waals surface area contributed by atoms with E-state index >= 15 is 0 Å². The number of nitrogens with zero attached hydrogens (tertiary/aromatic N) is 1. The molecule has 2 rings (SSSR count). The SMILES string of the molecule is CC[C@@H]1C(=O)N2[C@@H]1SC(C)(C)[C@@H]2C(=O)S. The molecule has 0 aromatic rings. The first kappa shape index (κ1) is 11.3. The van der Waals surface area contributed by atoms with Gasteiger partial charge in [0.15, 0.2) is 0 Å². The highest BCUT2D eigenvalue weighted by Gasteiger charge is 2.62. The van der Waals surface area contributed by atoms with Gasteiger partial charge < -0.3 is 4.90 Å². The summed E-state index contributed by atoms with van der Waals surface area (Å²) in [5.74, 6) is 0.222. The van der Waals surface area contributed by atoms with Crippen molar-refractivity contribution in [3.63, 3.8) is 0 Å². The molecular weight excluding hydrogens is 230 g/mol. The maximum Gasteiger partial charge on any atom is 0.230 e. The zero-order chi connectivity index (χ0) is 11.4. The van der Waals surface area contributed by atoms with E-state index in [2.05, 4.69) is 12.6 Å². The molecule has 1 amide bonds. The summed E-state index contributed by atoms with van der Waals surface area (Å²) in [6.07, 6.45) is 0.858. The normalized spacial score (nSPS) is 37.5. The first-order valence-electron chi connectivity index (χ1n) is 5.13. The van der Waals surface area contributed by atoms with Gasteiger partial charge in [0.05, 0.1) is 11.3 Å². The van der Waals surface area contributed by atoms with Gasteiger partial charge in [-0.2, -0.15) is 0 Å². The second-order valence-electron chi connectivity index (χ2n) is 4.61. The predicted octanol–water partition coefficient (Wildman–Crippen LogP) is 1.53. The van der Waals surface area contributed by atoms with Gasteiger partial charge in [-0.15, -0.1) is 24.4 Å². The molecule has 0 aromatic heterocycles. The average molecular weight is 245 g/mol. The molecule has 3 atom stereocenters. The lowest BCUT2D eigenvalue weighted by Crippen LogP contribution is -2.61. The molecule has 2 aliphatic heterocycles. The molecule has 84 valence electrons. The number of hydrogen-bond donors (Lipinski definition) is 1. The fraction of sp³-hybridized carbons (Fsp3) is 0.800. The third-order valence-corrected chi connectivity index (χ3v) is 5.10. The van der Waals surface area contributed by atoms with E-state index in [0.717, 1.165) is 6.42 Å². The van der Waals surface area contributed by atoms with E-state index < -0.39 is 0 Å². The number of rotatable bonds is 2. The summed E-state index contributed by atoms with van der Waals surface area (Å²) in [5, 5.41) is -0.00324. The second kappa shape index (κ2) is 3.42. The Morgan fingerprint density at radius 3 is 2.67 bits per heavy atom. The van der Waals surface area contributed by atoms with Crippen molar-refractivity contribution < 1.29 is 9.59 Å². The smallest absolute Gasteiger partial charge is 0.230 e. The van der Waals surface area contributed by atoms with Gasteiger partial charge in [-0.3, -0.25) is 9.59 Å². The molecular formula is C10H15NO2S2. The number of carbonyl (C=O) groups excluding carboxylic acids is 2. The van der Waals surface area contributed by atoms with Gasteiger partial charge in [0.2, 0.25) is 11.0 Å². The van der Waals surface area contributed by atoms with Crippen molar-refractivity contribution in [2.24, 2.45) is 5.92 Å². The molecule has 15 heavy (non-hydrogen) atoms. The van der Waals surface area contributed by atoms with Crippen molar-refractivity contribution in [2.45, 2.75) is 43.4 Å². The predicted molar refractivity (Wildman–Crippen MR) is 63.9 cm³/mol. The summed E-state index contributed by atoms with van der Waals surface area (Å²) < 4.78 is -0.205. The Morgan fingerprint density at radius 1 is 1.60 bits per heavy atom. The number of amides is 1. The Labute approximate surface area is 99.4 Å². The molecule has 5 heteroatoms. The van der Waals surface area contributed by atoms with Gasteiger partial charge in [0, 0.05) is 4.75 Å². The van der Waals surface area contributed by atoms with E-state index in [1.165, 1.54) is 0 Å². The topological polar surface area (TPSA) is 37.4 Å². The minimum absolute atomic E-state index is 0.104. The van der Waals surface area contributed by atoms with Gasteiger partial charge >= 0.3 is 0 Å². The monoisotopic (exact) mass is 245 g/mol. The lowest BCUT2D eigenvalue weighted by Gasteiger charge is -2.43. The fourth-order valence-corrected chi connectivity index (χ4v) is 4.79. The van der Waals surface area contributed by atoms with Crippen LogP contribution in [0.25, 0.3) is 0 Å². The zero-order valence-electron chi connectivity index (χ0n) is 9.06. The molecule has 2 heterocycles. The Hall–Kier alpha value is -0.160. The molecule has 0 radical (unpaired) electrons. The number of carbonyl (C=O) groups is 2. The van der Waals surface area contributed by atoms with Crippen LogP contribution in [-0.2, 0) is 9.59 Å². The highest BCUT2D eigenvalue weighted by atomic mass is 32.2. The number of fused-ring (bicyclic) bond motifs is 1. The Balaban J connectivity index is 2.28. The minimum Gasteiger partial charge on any atom is -0.317 e. The lowest BCUT2D eigenvalue weighted by atomic mass is 9.90. The second-order valence-corrected chi connectivity index (χ2v) is 6.82. The Morgan fingerprint density at radius 2 is 2.20 bits per heavy atom. The fourth-order valence-electron chi connectivity index (χ4n) is 2.47. The van der Waals surface area contributed by atoms with Crippen LogP contribution in [-0.4, -0.2) is 32.1 Å². The molecule has 2 fully saturated rings. The van der Waals surface area contributed by atoms with Crippen molar-refractivity contribution >= 4 is 35.4 Å². The van der Waals surface area contributed by atoms with E-state index in [1.54, 1.807) is 16.7 Å². The van der Waals surface area contributed by atoms with Crippen LogP contribution in [0.4, 0.5) is 0 Å². The summed E-state index contributed by atoms with van der Waals surface area (Å²) in [6.45, 7) is 6.03. The van der Waals surface area contributed by atoms with Crippen LogP contribution in [0, 0.1) is 5.92 Å². The lowest BCUT2D eigenvalue weighted by molar-refractivity contribution is -0.155.